The van der Waals surface area contributed by atoms with Crippen LogP contribution in [0.25, 0.3) is 0 Å². The predicted molar refractivity (Wildman–Crippen MR) is 87.8 cm³/mol. The monoisotopic (exact) mass is 316 g/mol. The standard InChI is InChI=1S/C17H24N4O2/c1-14(17(22)19-10-15-4-2-3-5-18-15)11-20-6-8-21(9-7-20)16-12-23-13-16/h2-5,16H,1,6-13H2,(H,19,22). The van der Waals surface area contributed by atoms with Crippen LogP contribution in [0.4, 0.5) is 0 Å². The Labute approximate surface area is 137 Å². The smallest absolute Gasteiger partial charge is 0.248 e. The van der Waals surface area contributed by atoms with E-state index in [-0.39, 0.29) is 5.91 Å². The van der Waals surface area contributed by atoms with Crippen LogP contribution in [0.2, 0.25) is 0 Å². The summed E-state index contributed by atoms with van der Waals surface area (Å²) in [7, 11) is 0. The summed E-state index contributed by atoms with van der Waals surface area (Å²) in [6, 6.07) is 6.27. The van der Waals surface area contributed by atoms with Gasteiger partial charge in [-0.05, 0) is 12.1 Å². The molecule has 2 aliphatic heterocycles. The molecule has 1 amide bonds. The van der Waals surface area contributed by atoms with Crippen molar-refractivity contribution in [3.8, 4) is 0 Å². The van der Waals surface area contributed by atoms with Gasteiger partial charge in [0.2, 0.25) is 5.91 Å². The van der Waals surface area contributed by atoms with E-state index in [0.29, 0.717) is 24.7 Å². The second kappa shape index (κ2) is 7.68. The van der Waals surface area contributed by atoms with Gasteiger partial charge in [0.05, 0.1) is 31.5 Å². The van der Waals surface area contributed by atoms with E-state index >= 15 is 0 Å². The van der Waals surface area contributed by atoms with Gasteiger partial charge in [-0.15, -0.1) is 0 Å². The molecule has 0 aromatic carbocycles. The van der Waals surface area contributed by atoms with Gasteiger partial charge in [0.1, 0.15) is 0 Å². The number of hydrogen-bond acceptors (Lipinski definition) is 5. The molecule has 6 heteroatoms. The third-order valence-corrected chi connectivity index (χ3v) is 4.44. The van der Waals surface area contributed by atoms with E-state index in [1.54, 1.807) is 6.20 Å². The molecule has 1 aromatic rings. The summed E-state index contributed by atoms with van der Waals surface area (Å²) < 4.78 is 5.25. The molecule has 124 valence electrons. The van der Waals surface area contributed by atoms with Crippen LogP contribution in [-0.2, 0) is 16.1 Å². The van der Waals surface area contributed by atoms with Crippen molar-refractivity contribution >= 4 is 5.91 Å². The molecule has 1 N–H and O–H groups in total. The van der Waals surface area contributed by atoms with Crippen LogP contribution in [-0.4, -0.2) is 72.7 Å². The van der Waals surface area contributed by atoms with Crippen LogP contribution < -0.4 is 5.32 Å². The van der Waals surface area contributed by atoms with Crippen molar-refractivity contribution < 1.29 is 9.53 Å². The summed E-state index contributed by atoms with van der Waals surface area (Å²) >= 11 is 0. The van der Waals surface area contributed by atoms with Crippen LogP contribution >= 0.6 is 0 Å². The predicted octanol–water partition coefficient (Wildman–Crippen LogP) is 0.270. The first kappa shape index (κ1) is 16.1. The largest absolute Gasteiger partial charge is 0.378 e. The zero-order chi connectivity index (χ0) is 16.1. The summed E-state index contributed by atoms with van der Waals surface area (Å²) in [5.74, 6) is -0.0922. The van der Waals surface area contributed by atoms with Crippen LogP contribution in [0, 0.1) is 0 Å². The molecule has 3 rings (SSSR count). The van der Waals surface area contributed by atoms with E-state index in [0.717, 1.165) is 45.1 Å². The van der Waals surface area contributed by atoms with Gasteiger partial charge in [-0.25, -0.2) is 0 Å². The van der Waals surface area contributed by atoms with Crippen molar-refractivity contribution in [1.29, 1.82) is 0 Å². The lowest BCUT2D eigenvalue weighted by molar-refractivity contribution is -0.118. The van der Waals surface area contributed by atoms with Crippen molar-refractivity contribution in [2.75, 3.05) is 45.9 Å². The zero-order valence-corrected chi connectivity index (χ0v) is 13.4. The molecule has 0 aliphatic carbocycles. The number of carbonyl (C=O) groups is 1. The lowest BCUT2D eigenvalue weighted by atomic mass is 10.1. The molecule has 0 radical (unpaired) electrons. The van der Waals surface area contributed by atoms with Crippen LogP contribution in [0.3, 0.4) is 0 Å². The molecule has 0 bridgehead atoms. The maximum absolute atomic E-state index is 12.1. The Morgan fingerprint density at radius 3 is 2.70 bits per heavy atom. The minimum atomic E-state index is -0.0922. The van der Waals surface area contributed by atoms with Gasteiger partial charge < -0.3 is 10.1 Å². The van der Waals surface area contributed by atoms with Crippen molar-refractivity contribution in [2.24, 2.45) is 0 Å². The van der Waals surface area contributed by atoms with Gasteiger partial charge in [-0.2, -0.15) is 0 Å². The maximum atomic E-state index is 12.1. The maximum Gasteiger partial charge on any atom is 0.248 e. The van der Waals surface area contributed by atoms with E-state index in [4.69, 9.17) is 4.74 Å². The topological polar surface area (TPSA) is 57.7 Å². The van der Waals surface area contributed by atoms with Gasteiger partial charge in [0, 0.05) is 44.5 Å². The fraction of sp³-hybridized carbons (Fsp3) is 0.529. The number of ether oxygens (including phenoxy) is 1. The number of hydrogen-bond donors (Lipinski definition) is 1. The van der Waals surface area contributed by atoms with Gasteiger partial charge in [0.25, 0.3) is 0 Å². The molecule has 23 heavy (non-hydrogen) atoms. The first-order valence-corrected chi connectivity index (χ1v) is 8.12. The molecule has 0 atom stereocenters. The first-order chi connectivity index (χ1) is 11.2. The molecule has 6 nitrogen and oxygen atoms in total. The molecule has 1 aromatic heterocycles. The summed E-state index contributed by atoms with van der Waals surface area (Å²) in [6.45, 7) is 10.8. The molecule has 2 fully saturated rings. The van der Waals surface area contributed by atoms with Crippen molar-refractivity contribution in [3.05, 3.63) is 42.2 Å². The van der Waals surface area contributed by atoms with Crippen LogP contribution in [0.1, 0.15) is 5.69 Å². The molecule has 0 unspecified atom stereocenters. The van der Waals surface area contributed by atoms with Crippen LogP contribution in [0.5, 0.6) is 0 Å². The summed E-state index contributed by atoms with van der Waals surface area (Å²) in [5, 5.41) is 2.88. The highest BCUT2D eigenvalue weighted by molar-refractivity contribution is 5.93. The van der Waals surface area contributed by atoms with E-state index in [1.807, 2.05) is 18.2 Å². The summed E-state index contributed by atoms with van der Waals surface area (Å²) in [4.78, 5) is 21.1. The normalized spacial score (nSPS) is 20.0. The molecule has 3 heterocycles. The molecule has 2 saturated heterocycles. The third kappa shape index (κ3) is 4.37. The Hall–Kier alpha value is -1.76. The fourth-order valence-electron chi connectivity index (χ4n) is 2.86. The van der Waals surface area contributed by atoms with Gasteiger partial charge in [-0.1, -0.05) is 12.6 Å². The van der Waals surface area contributed by atoms with E-state index < -0.39 is 0 Å². The lowest BCUT2D eigenvalue weighted by Crippen LogP contribution is -2.56. The van der Waals surface area contributed by atoms with Gasteiger partial charge in [0.15, 0.2) is 0 Å². The van der Waals surface area contributed by atoms with Gasteiger partial charge in [-0.3, -0.25) is 19.6 Å². The highest BCUT2D eigenvalue weighted by Gasteiger charge is 2.29. The summed E-state index contributed by atoms with van der Waals surface area (Å²) in [6.07, 6.45) is 1.73. The van der Waals surface area contributed by atoms with Crippen molar-refractivity contribution in [3.63, 3.8) is 0 Å². The lowest BCUT2D eigenvalue weighted by Gasteiger charge is -2.42. The molecule has 2 aliphatic rings. The van der Waals surface area contributed by atoms with Crippen LogP contribution in [0.15, 0.2) is 36.5 Å². The number of rotatable bonds is 6. The SMILES string of the molecule is C=C(CN1CCN(C2COC2)CC1)C(=O)NCc1ccccn1. The Morgan fingerprint density at radius 2 is 2.09 bits per heavy atom. The van der Waals surface area contributed by atoms with E-state index in [2.05, 4.69) is 26.7 Å². The average Bonchev–Trinajstić information content (AvgIpc) is 2.53. The average molecular weight is 316 g/mol. The fourth-order valence-corrected chi connectivity index (χ4v) is 2.86. The minimum Gasteiger partial charge on any atom is -0.378 e. The Morgan fingerprint density at radius 1 is 1.30 bits per heavy atom. The second-order valence-electron chi connectivity index (χ2n) is 6.11. The first-order valence-electron chi connectivity index (χ1n) is 8.12. The molecular weight excluding hydrogens is 292 g/mol. The second-order valence-corrected chi connectivity index (χ2v) is 6.11. The highest BCUT2D eigenvalue weighted by Crippen LogP contribution is 2.13. The number of amides is 1. The minimum absolute atomic E-state index is 0.0922. The molecule has 0 saturated carbocycles. The number of nitrogens with zero attached hydrogens (tertiary/aromatic N) is 3. The zero-order valence-electron chi connectivity index (χ0n) is 13.4. The van der Waals surface area contributed by atoms with Gasteiger partial charge >= 0.3 is 0 Å². The Balaban J connectivity index is 1.38. The van der Waals surface area contributed by atoms with Crippen molar-refractivity contribution in [2.45, 2.75) is 12.6 Å². The van der Waals surface area contributed by atoms with E-state index in [1.165, 1.54) is 0 Å². The number of nitrogens with one attached hydrogen (secondary N) is 1. The number of carbonyl (C=O) groups excluding carboxylic acids is 1. The number of pyridine rings is 1. The third-order valence-electron chi connectivity index (χ3n) is 4.44. The number of aromatic nitrogens is 1. The van der Waals surface area contributed by atoms with Crippen molar-refractivity contribution in [1.82, 2.24) is 20.1 Å². The molecular formula is C17H24N4O2. The summed E-state index contributed by atoms with van der Waals surface area (Å²) in [5.41, 5.74) is 1.46. The Kier molecular flexibility index (Phi) is 5.38. The highest BCUT2D eigenvalue weighted by atomic mass is 16.5. The Bertz CT molecular complexity index is 537. The van der Waals surface area contributed by atoms with E-state index in [9.17, 15) is 4.79 Å². The quantitative estimate of drug-likeness (QED) is 0.764. The number of piperazine rings is 1. The molecule has 0 spiro atoms.